The maximum atomic E-state index is 13.2. The van der Waals surface area contributed by atoms with Crippen molar-refractivity contribution in [3.05, 3.63) is 34.2 Å². The minimum absolute atomic E-state index is 0. The number of carbonyl (C=O) groups excluding carboxylic acids is 2. The molecule has 2 bridgehead atoms. The number of aryl methyl sites for hydroxylation is 1. The molecule has 1 unspecified atom stereocenters. The van der Waals surface area contributed by atoms with Crippen molar-refractivity contribution >= 4 is 36.3 Å². The molecule has 2 amide bonds. The minimum Gasteiger partial charge on any atom is -0.318 e. The van der Waals surface area contributed by atoms with Crippen molar-refractivity contribution in [3.63, 3.8) is 0 Å². The Bertz CT molecular complexity index is 1120. The summed E-state index contributed by atoms with van der Waals surface area (Å²) in [6, 6.07) is 5.45. The Morgan fingerprint density at radius 1 is 1.17 bits per heavy atom. The molecular formula is C25H39N5O3SU. The number of nitrogens with one attached hydrogen (secondary N) is 2. The first-order valence-electron chi connectivity index (χ1n) is 12.3. The van der Waals surface area contributed by atoms with Crippen LogP contribution in [0.15, 0.2) is 23.0 Å². The van der Waals surface area contributed by atoms with E-state index >= 15 is 0 Å². The summed E-state index contributed by atoms with van der Waals surface area (Å²) in [6.07, 6.45) is 3.97. The summed E-state index contributed by atoms with van der Waals surface area (Å²) >= 11 is 0. The largest absolute Gasteiger partial charge is 0.329 e. The summed E-state index contributed by atoms with van der Waals surface area (Å²) in [4.78, 5) is 39.9. The molecule has 2 N–H and O–H groups in total. The topological polar surface area (TPSA) is 88.4 Å². The second kappa shape index (κ2) is 11.6. The number of fused-ring (bicyclic) bond motifs is 1. The van der Waals surface area contributed by atoms with E-state index in [9.17, 15) is 14.4 Å². The van der Waals surface area contributed by atoms with Gasteiger partial charge in [-0.05, 0) is 50.9 Å². The predicted octanol–water partition coefficient (Wildman–Crippen LogP) is 2.17. The van der Waals surface area contributed by atoms with Crippen LogP contribution >= 0.6 is 13.5 Å². The molecule has 0 spiro atoms. The average Bonchev–Trinajstić information content (AvgIpc) is 3.01. The molecule has 192 valence electrons. The smallest absolute Gasteiger partial charge is 0.318 e. The van der Waals surface area contributed by atoms with Crippen LogP contribution in [0.5, 0.6) is 0 Å². The van der Waals surface area contributed by atoms with Gasteiger partial charge in [-0.2, -0.15) is 13.5 Å². The number of piperidine rings is 1. The first-order chi connectivity index (χ1) is 15.9. The Morgan fingerprint density at radius 2 is 1.83 bits per heavy atom. The average molecular weight is 728 g/mol. The number of amides is 2. The quantitative estimate of drug-likeness (QED) is 0.428. The Labute approximate surface area is 238 Å². The van der Waals surface area contributed by atoms with Gasteiger partial charge in [-0.1, -0.05) is 32.9 Å². The SMILES string of the molecule is CC.CCN(CCNC)C12CC(c3cccc4c3n(C)c(=O)n4C3CCC(=O)NC3=O)(C1)C2.S.[U]. The Kier molecular flexibility index (Phi) is 9.97. The normalized spacial score (nSPS) is 26.5. The molecule has 1 aromatic carbocycles. The van der Waals surface area contributed by atoms with E-state index in [0.29, 0.717) is 12.0 Å². The molecule has 1 aromatic heterocycles. The summed E-state index contributed by atoms with van der Waals surface area (Å²) < 4.78 is 3.28. The zero-order valence-corrected chi connectivity index (χ0v) is 26.7. The maximum absolute atomic E-state index is 13.2. The van der Waals surface area contributed by atoms with Crippen LogP contribution in [-0.4, -0.2) is 58.1 Å². The molecule has 2 heterocycles. The molecule has 1 aliphatic heterocycles. The summed E-state index contributed by atoms with van der Waals surface area (Å²) in [5.41, 5.74) is 3.17. The molecule has 6 rings (SSSR count). The fourth-order valence-electron chi connectivity index (χ4n) is 6.43. The van der Waals surface area contributed by atoms with Crippen LogP contribution in [0.4, 0.5) is 0 Å². The van der Waals surface area contributed by atoms with Crippen molar-refractivity contribution in [1.82, 2.24) is 24.7 Å². The van der Waals surface area contributed by atoms with E-state index in [1.54, 1.807) is 16.2 Å². The van der Waals surface area contributed by atoms with Gasteiger partial charge >= 0.3 is 5.69 Å². The Balaban J connectivity index is 0.00000105. The van der Waals surface area contributed by atoms with E-state index in [0.717, 1.165) is 49.9 Å². The molecule has 3 saturated carbocycles. The first-order valence-corrected chi connectivity index (χ1v) is 12.3. The van der Waals surface area contributed by atoms with Gasteiger partial charge in [-0.3, -0.25) is 28.9 Å². The van der Waals surface area contributed by atoms with Gasteiger partial charge in [0.25, 0.3) is 0 Å². The number of hydrogen-bond donors (Lipinski definition) is 2. The summed E-state index contributed by atoms with van der Waals surface area (Å²) in [6.45, 7) is 9.32. The van der Waals surface area contributed by atoms with Gasteiger partial charge < -0.3 is 5.32 Å². The van der Waals surface area contributed by atoms with Gasteiger partial charge in [0.2, 0.25) is 11.8 Å². The van der Waals surface area contributed by atoms with E-state index in [2.05, 4.69) is 28.5 Å². The fourth-order valence-corrected chi connectivity index (χ4v) is 6.43. The molecule has 10 heteroatoms. The van der Waals surface area contributed by atoms with Crippen molar-refractivity contribution in [1.29, 1.82) is 0 Å². The molecule has 4 aliphatic rings. The van der Waals surface area contributed by atoms with Crippen molar-refractivity contribution in [2.45, 2.75) is 69.9 Å². The monoisotopic (exact) mass is 727 g/mol. The van der Waals surface area contributed by atoms with E-state index in [4.69, 9.17) is 0 Å². The molecule has 8 nitrogen and oxygen atoms in total. The standard InChI is InChI=1S/C23H31N5O3.C2H6.H2S.U/c1-4-27(11-10-24-2)23-12-22(13-23,14-23)15-6-5-7-16-19(15)26(3)21(31)28(16)17-8-9-18(29)25-20(17)30;1-2;;/h5-7,17,24H,4,8-14H2,1-3H3,(H,25,29,30);1-2H3;1H2;. The molecule has 3 aliphatic carbocycles. The number of hydrogen-bond acceptors (Lipinski definition) is 5. The van der Waals surface area contributed by atoms with Crippen LogP contribution in [0, 0.1) is 31.1 Å². The van der Waals surface area contributed by atoms with E-state index < -0.39 is 6.04 Å². The van der Waals surface area contributed by atoms with Crippen LogP contribution in [-0.2, 0) is 22.1 Å². The number of imide groups is 1. The molecule has 4 fully saturated rings. The number of carbonyl (C=O) groups is 2. The van der Waals surface area contributed by atoms with Crippen LogP contribution in [0.25, 0.3) is 11.0 Å². The van der Waals surface area contributed by atoms with Crippen LogP contribution < -0.4 is 16.3 Å². The summed E-state index contributed by atoms with van der Waals surface area (Å²) in [5.74, 6) is -0.656. The van der Waals surface area contributed by atoms with Gasteiger partial charge in [0.05, 0.1) is 11.0 Å². The zero-order valence-electron chi connectivity index (χ0n) is 21.5. The van der Waals surface area contributed by atoms with Crippen molar-refractivity contribution in [2.75, 3.05) is 26.7 Å². The van der Waals surface area contributed by atoms with E-state index in [-0.39, 0.29) is 73.9 Å². The Morgan fingerprint density at radius 3 is 2.40 bits per heavy atom. The van der Waals surface area contributed by atoms with Crippen molar-refractivity contribution < 1.29 is 40.7 Å². The zero-order chi connectivity index (χ0) is 24.0. The molecular weight excluding hydrogens is 688 g/mol. The van der Waals surface area contributed by atoms with Gasteiger partial charge in [0.1, 0.15) is 6.04 Å². The predicted molar refractivity (Wildman–Crippen MR) is 140 cm³/mol. The van der Waals surface area contributed by atoms with Crippen LogP contribution in [0.1, 0.15) is 64.5 Å². The molecule has 35 heavy (non-hydrogen) atoms. The second-order valence-corrected chi connectivity index (χ2v) is 9.57. The Hall–Kier alpha value is -1.05. The van der Waals surface area contributed by atoms with E-state index in [1.165, 1.54) is 5.56 Å². The van der Waals surface area contributed by atoms with Gasteiger partial charge in [0.15, 0.2) is 0 Å². The number of likely N-dealkylation sites (N-methyl/N-ethyl adjacent to an activating group) is 2. The summed E-state index contributed by atoms with van der Waals surface area (Å²) in [5, 5.41) is 5.64. The number of aromatic nitrogens is 2. The number of imidazole rings is 1. The van der Waals surface area contributed by atoms with Crippen molar-refractivity contribution in [3.8, 4) is 0 Å². The number of para-hydroxylation sites is 1. The van der Waals surface area contributed by atoms with E-state index in [1.807, 2.05) is 33.0 Å². The third-order valence-corrected chi connectivity index (χ3v) is 7.88. The van der Waals surface area contributed by atoms with Crippen molar-refractivity contribution in [2.24, 2.45) is 7.05 Å². The van der Waals surface area contributed by atoms with Gasteiger partial charge in [0, 0.05) is 68.6 Å². The molecule has 0 radical (unpaired) electrons. The molecule has 1 saturated heterocycles. The molecule has 2 aromatic rings. The number of nitrogens with zero attached hydrogens (tertiary/aromatic N) is 3. The second-order valence-electron chi connectivity index (χ2n) is 9.57. The molecule has 1 atom stereocenters. The maximum Gasteiger partial charge on any atom is 0.329 e. The van der Waals surface area contributed by atoms with Gasteiger partial charge in [-0.25, -0.2) is 4.79 Å². The number of rotatable bonds is 7. The third kappa shape index (κ3) is 4.70. The third-order valence-electron chi connectivity index (χ3n) is 7.88. The van der Waals surface area contributed by atoms with Crippen LogP contribution in [0.2, 0.25) is 0 Å². The fraction of sp³-hybridized carbons (Fsp3) is 0.640. The van der Waals surface area contributed by atoms with Crippen LogP contribution in [0.3, 0.4) is 0 Å². The summed E-state index contributed by atoms with van der Waals surface area (Å²) in [7, 11) is 3.79. The van der Waals surface area contributed by atoms with Gasteiger partial charge in [-0.15, -0.1) is 0 Å². The minimum atomic E-state index is -0.638. The first kappa shape index (κ1) is 30.2. The number of benzene rings is 1.